The normalized spacial score (nSPS) is 27.3. The Bertz CT molecular complexity index is 692. The van der Waals surface area contributed by atoms with Crippen LogP contribution in [-0.4, -0.2) is 71.3 Å². The van der Waals surface area contributed by atoms with Crippen LogP contribution in [0.25, 0.3) is 0 Å². The van der Waals surface area contributed by atoms with Crippen molar-refractivity contribution in [2.75, 3.05) is 26.2 Å². The summed E-state index contributed by atoms with van der Waals surface area (Å²) in [5.41, 5.74) is 0. The Morgan fingerprint density at radius 1 is 1.28 bits per heavy atom. The number of aliphatic carboxylic acids is 1. The first-order chi connectivity index (χ1) is 13.8. The molecule has 3 fully saturated rings. The molecule has 0 radical (unpaired) electrons. The molecule has 0 aromatic carbocycles. The van der Waals surface area contributed by atoms with Crippen molar-refractivity contribution in [1.82, 2.24) is 9.80 Å². The number of alkyl halides is 3. The zero-order valence-corrected chi connectivity index (χ0v) is 16.8. The third-order valence-corrected chi connectivity index (χ3v) is 6.43. The molecule has 29 heavy (non-hydrogen) atoms. The van der Waals surface area contributed by atoms with Crippen molar-refractivity contribution in [2.45, 2.75) is 50.6 Å². The van der Waals surface area contributed by atoms with Crippen molar-refractivity contribution < 1.29 is 32.6 Å². The lowest BCUT2D eigenvalue weighted by molar-refractivity contribution is -0.192. The second-order valence-electron chi connectivity index (χ2n) is 7.54. The Kier molecular flexibility index (Phi) is 7.18. The molecule has 0 bridgehead atoms. The number of carboxylic acid groups (broad SMARTS) is 1. The minimum Gasteiger partial charge on any atom is -0.475 e. The maximum atomic E-state index is 12.8. The van der Waals surface area contributed by atoms with E-state index in [0.29, 0.717) is 11.9 Å². The molecule has 0 saturated carbocycles. The number of thiophene rings is 1. The van der Waals surface area contributed by atoms with E-state index in [1.54, 1.807) is 0 Å². The van der Waals surface area contributed by atoms with Gasteiger partial charge in [0.1, 0.15) is 0 Å². The summed E-state index contributed by atoms with van der Waals surface area (Å²) in [5, 5.41) is 9.26. The molecule has 1 aromatic rings. The van der Waals surface area contributed by atoms with E-state index >= 15 is 0 Å². The van der Waals surface area contributed by atoms with E-state index < -0.39 is 12.1 Å². The number of halogens is 3. The minimum atomic E-state index is -5.08. The first-order valence-electron chi connectivity index (χ1n) is 9.72. The minimum absolute atomic E-state index is 0.123. The number of carbonyl (C=O) groups is 2. The van der Waals surface area contributed by atoms with Gasteiger partial charge in [-0.3, -0.25) is 9.69 Å². The van der Waals surface area contributed by atoms with E-state index in [1.165, 1.54) is 17.7 Å². The van der Waals surface area contributed by atoms with Gasteiger partial charge in [-0.1, -0.05) is 6.07 Å². The summed E-state index contributed by atoms with van der Waals surface area (Å²) in [6, 6.07) is 4.81. The third-order valence-electron chi connectivity index (χ3n) is 5.56. The highest BCUT2D eigenvalue weighted by atomic mass is 32.1. The van der Waals surface area contributed by atoms with Gasteiger partial charge in [0.05, 0.1) is 12.0 Å². The number of piperidine rings is 1. The van der Waals surface area contributed by atoms with Gasteiger partial charge in [0.25, 0.3) is 0 Å². The first kappa shape index (κ1) is 22.0. The van der Waals surface area contributed by atoms with Crippen LogP contribution in [0.3, 0.4) is 0 Å². The van der Waals surface area contributed by atoms with E-state index in [-0.39, 0.29) is 12.0 Å². The van der Waals surface area contributed by atoms with Crippen LogP contribution in [0.4, 0.5) is 13.2 Å². The van der Waals surface area contributed by atoms with Crippen LogP contribution in [0.2, 0.25) is 0 Å². The fourth-order valence-corrected chi connectivity index (χ4v) is 4.94. The number of nitrogens with zero attached hydrogens (tertiary/aromatic N) is 2. The lowest BCUT2D eigenvalue weighted by Crippen LogP contribution is -2.52. The molecule has 1 N–H and O–H groups in total. The van der Waals surface area contributed by atoms with E-state index in [2.05, 4.69) is 27.3 Å². The topological polar surface area (TPSA) is 70.1 Å². The smallest absolute Gasteiger partial charge is 0.475 e. The number of amides is 1. The second kappa shape index (κ2) is 9.44. The second-order valence-corrected chi connectivity index (χ2v) is 8.57. The van der Waals surface area contributed by atoms with Crippen molar-refractivity contribution in [3.05, 3.63) is 22.4 Å². The summed E-state index contributed by atoms with van der Waals surface area (Å²) in [6.07, 6.45) is -0.466. The Labute approximate surface area is 171 Å². The van der Waals surface area contributed by atoms with Crippen LogP contribution >= 0.6 is 11.3 Å². The molecule has 0 spiro atoms. The average Bonchev–Trinajstić information content (AvgIpc) is 3.42. The number of ether oxygens (including phenoxy) is 1. The largest absolute Gasteiger partial charge is 0.490 e. The number of hydrogen-bond acceptors (Lipinski definition) is 5. The highest BCUT2D eigenvalue weighted by Gasteiger charge is 2.43. The quantitative estimate of drug-likeness (QED) is 0.792. The van der Waals surface area contributed by atoms with Crippen LogP contribution in [-0.2, 0) is 20.9 Å². The van der Waals surface area contributed by atoms with E-state index in [4.69, 9.17) is 14.6 Å². The van der Waals surface area contributed by atoms with Crippen molar-refractivity contribution in [3.63, 3.8) is 0 Å². The molecular formula is C19H25F3N2O4S. The number of hydrogen-bond donors (Lipinski definition) is 1. The fourth-order valence-electron chi connectivity index (χ4n) is 4.21. The lowest BCUT2D eigenvalue weighted by Gasteiger charge is -2.41. The molecule has 4 rings (SSSR count). The van der Waals surface area contributed by atoms with Crippen molar-refractivity contribution >= 4 is 23.2 Å². The average molecular weight is 434 g/mol. The Morgan fingerprint density at radius 2 is 1.97 bits per heavy atom. The van der Waals surface area contributed by atoms with E-state index in [0.717, 1.165) is 45.6 Å². The van der Waals surface area contributed by atoms with Gasteiger partial charge >= 0.3 is 12.1 Å². The molecule has 1 aromatic heterocycles. The molecule has 6 nitrogen and oxygen atoms in total. The van der Waals surface area contributed by atoms with Gasteiger partial charge in [0.2, 0.25) is 5.91 Å². The summed E-state index contributed by atoms with van der Waals surface area (Å²) in [5.74, 6) is -2.27. The Hall–Kier alpha value is -1.65. The molecule has 10 heteroatoms. The summed E-state index contributed by atoms with van der Waals surface area (Å²) >= 11 is 1.81. The number of rotatable bonds is 3. The maximum Gasteiger partial charge on any atom is 0.490 e. The predicted octanol–water partition coefficient (Wildman–Crippen LogP) is 2.98. The monoisotopic (exact) mass is 434 g/mol. The van der Waals surface area contributed by atoms with E-state index in [9.17, 15) is 18.0 Å². The van der Waals surface area contributed by atoms with Gasteiger partial charge in [0, 0.05) is 43.7 Å². The molecular weight excluding hydrogens is 409 g/mol. The van der Waals surface area contributed by atoms with Crippen molar-refractivity contribution in [3.8, 4) is 0 Å². The summed E-state index contributed by atoms with van der Waals surface area (Å²) in [6.45, 7) is 4.62. The van der Waals surface area contributed by atoms with Crippen molar-refractivity contribution in [2.24, 2.45) is 5.92 Å². The van der Waals surface area contributed by atoms with E-state index in [1.807, 2.05) is 11.3 Å². The third kappa shape index (κ3) is 5.70. The van der Waals surface area contributed by atoms with Gasteiger partial charge < -0.3 is 14.7 Å². The van der Waals surface area contributed by atoms with Crippen LogP contribution in [0.5, 0.6) is 0 Å². The lowest BCUT2D eigenvalue weighted by atomic mass is 9.89. The Balaban J connectivity index is 0.000000298. The molecule has 3 saturated heterocycles. The number of fused-ring (bicyclic) bond motifs is 1. The summed E-state index contributed by atoms with van der Waals surface area (Å²) in [7, 11) is 0. The zero-order chi connectivity index (χ0) is 21.0. The number of carbonyl (C=O) groups excluding carboxylic acids is 1. The zero-order valence-electron chi connectivity index (χ0n) is 15.9. The molecule has 4 heterocycles. The van der Waals surface area contributed by atoms with Crippen LogP contribution < -0.4 is 0 Å². The predicted molar refractivity (Wildman–Crippen MR) is 100 cm³/mol. The maximum absolute atomic E-state index is 12.8. The molecule has 3 aliphatic heterocycles. The SMILES string of the molecule is O=C(O)C(F)(F)F.O=C([C@H]1C[C@H]2OCC[C@H]2N(Cc2cccs2)C1)N1CCCC1. The summed E-state index contributed by atoms with van der Waals surface area (Å²) in [4.78, 5) is 27.6. The summed E-state index contributed by atoms with van der Waals surface area (Å²) < 4.78 is 37.7. The number of likely N-dealkylation sites (tertiary alicyclic amines) is 2. The molecule has 0 unspecified atom stereocenters. The molecule has 162 valence electrons. The van der Waals surface area contributed by atoms with Crippen LogP contribution in [0.15, 0.2) is 17.5 Å². The number of carboxylic acids is 1. The van der Waals surface area contributed by atoms with Gasteiger partial charge in [-0.15, -0.1) is 11.3 Å². The first-order valence-corrected chi connectivity index (χ1v) is 10.6. The van der Waals surface area contributed by atoms with Gasteiger partial charge in [-0.25, -0.2) is 4.79 Å². The van der Waals surface area contributed by atoms with Crippen LogP contribution in [0.1, 0.15) is 30.6 Å². The van der Waals surface area contributed by atoms with Gasteiger partial charge in [0.15, 0.2) is 0 Å². The van der Waals surface area contributed by atoms with Crippen LogP contribution in [0, 0.1) is 5.92 Å². The molecule has 3 atom stereocenters. The van der Waals surface area contributed by atoms with Gasteiger partial charge in [-0.2, -0.15) is 13.2 Å². The Morgan fingerprint density at radius 3 is 2.55 bits per heavy atom. The highest BCUT2D eigenvalue weighted by molar-refractivity contribution is 7.09. The standard InChI is InChI=1S/C17H24N2O2S.C2HF3O2/c20-17(18-6-1-2-7-18)13-10-16-15(5-8-21-16)19(11-13)12-14-4-3-9-22-14;3-2(4,5)1(6)7/h3-4,9,13,15-16H,1-2,5-8,10-12H2;(H,6,7)/t13-,15+,16+;/m0./s1. The fraction of sp³-hybridized carbons (Fsp3) is 0.684. The molecule has 1 amide bonds. The van der Waals surface area contributed by atoms with Gasteiger partial charge in [-0.05, 0) is 37.1 Å². The molecule has 0 aliphatic carbocycles. The molecule has 3 aliphatic rings. The van der Waals surface area contributed by atoms with Crippen molar-refractivity contribution in [1.29, 1.82) is 0 Å². The highest BCUT2D eigenvalue weighted by Crippen LogP contribution is 2.34.